The van der Waals surface area contributed by atoms with E-state index in [4.69, 9.17) is 0 Å². The number of aliphatic imine (C=N–C) groups is 1. The fraction of sp³-hybridized carbons (Fsp3) is 0.562. The van der Waals surface area contributed by atoms with Crippen molar-refractivity contribution in [1.82, 2.24) is 15.2 Å². The van der Waals surface area contributed by atoms with E-state index in [0.717, 1.165) is 47.5 Å². The zero-order valence-electron chi connectivity index (χ0n) is 13.8. The van der Waals surface area contributed by atoms with Gasteiger partial charge in [-0.2, -0.15) is 0 Å². The molecule has 0 bridgehead atoms. The van der Waals surface area contributed by atoms with Crippen LogP contribution in [0.2, 0.25) is 0 Å². The lowest BCUT2D eigenvalue weighted by Crippen LogP contribution is -2.34. The van der Waals surface area contributed by atoms with Crippen LogP contribution in [0.3, 0.4) is 0 Å². The van der Waals surface area contributed by atoms with Gasteiger partial charge in [0.05, 0.1) is 18.2 Å². The average molecular weight is 351 g/mol. The van der Waals surface area contributed by atoms with Gasteiger partial charge in [-0.1, -0.05) is 18.7 Å². The van der Waals surface area contributed by atoms with Gasteiger partial charge in [-0.25, -0.2) is 4.98 Å². The number of carbonyl (C=O) groups excluding carboxylic acids is 1. The molecule has 1 N–H and O–H groups in total. The summed E-state index contributed by atoms with van der Waals surface area (Å²) in [5.41, 5.74) is 2.12. The third-order valence-electron chi connectivity index (χ3n) is 4.09. The summed E-state index contributed by atoms with van der Waals surface area (Å²) in [6.45, 7) is 8.03. The topological polar surface area (TPSA) is 57.6 Å². The van der Waals surface area contributed by atoms with Gasteiger partial charge in [-0.05, 0) is 32.1 Å². The normalized spacial score (nSPS) is 18.3. The van der Waals surface area contributed by atoms with E-state index in [9.17, 15) is 4.79 Å². The van der Waals surface area contributed by atoms with Crippen molar-refractivity contribution >= 4 is 34.2 Å². The first-order valence-corrected chi connectivity index (χ1v) is 9.69. The minimum atomic E-state index is 0.00375. The number of hydrogen-bond donors (Lipinski definition) is 1. The van der Waals surface area contributed by atoms with Crippen LogP contribution in [-0.4, -0.2) is 34.0 Å². The minimum absolute atomic E-state index is 0.00375. The Bertz CT molecular complexity index is 646. The molecule has 0 aliphatic carbocycles. The maximum Gasteiger partial charge on any atom is 0.226 e. The average Bonchev–Trinajstić information content (AvgIpc) is 3.09. The van der Waals surface area contributed by atoms with Crippen molar-refractivity contribution in [3.63, 3.8) is 0 Å². The predicted octanol–water partition coefficient (Wildman–Crippen LogP) is 3.37. The van der Waals surface area contributed by atoms with Gasteiger partial charge < -0.3 is 10.2 Å². The van der Waals surface area contributed by atoms with Crippen molar-refractivity contribution in [3.8, 4) is 0 Å². The van der Waals surface area contributed by atoms with Gasteiger partial charge in [0.2, 0.25) is 5.91 Å². The summed E-state index contributed by atoms with van der Waals surface area (Å²) in [5.74, 6) is 0.0565. The second-order valence-corrected chi connectivity index (χ2v) is 7.87. The number of nitrogens with zero attached hydrogens (tertiary/aromatic N) is 3. The summed E-state index contributed by atoms with van der Waals surface area (Å²) >= 11 is 3.30. The number of carbonyl (C=O) groups is 1. The van der Waals surface area contributed by atoms with E-state index < -0.39 is 0 Å². The van der Waals surface area contributed by atoms with Gasteiger partial charge in [0.1, 0.15) is 5.01 Å². The van der Waals surface area contributed by atoms with Crippen molar-refractivity contribution in [1.29, 1.82) is 0 Å². The Morgan fingerprint density at radius 1 is 1.48 bits per heavy atom. The molecule has 0 spiro atoms. The number of amides is 1. The number of aryl methyl sites for hydroxylation is 2. The monoisotopic (exact) mass is 350 g/mol. The number of rotatable bonds is 5. The van der Waals surface area contributed by atoms with Gasteiger partial charge in [-0.15, -0.1) is 11.3 Å². The first-order chi connectivity index (χ1) is 11.1. The van der Waals surface area contributed by atoms with Gasteiger partial charge in [-0.3, -0.25) is 9.79 Å². The molecule has 0 fully saturated rings. The summed E-state index contributed by atoms with van der Waals surface area (Å²) in [6.07, 6.45) is 2.31. The van der Waals surface area contributed by atoms with Crippen molar-refractivity contribution in [2.45, 2.75) is 46.1 Å². The number of hydrogen-bond acceptors (Lipinski definition) is 6. The van der Waals surface area contributed by atoms with Crippen LogP contribution in [0.5, 0.6) is 0 Å². The zero-order valence-corrected chi connectivity index (χ0v) is 15.4. The summed E-state index contributed by atoms with van der Waals surface area (Å²) in [5, 5.41) is 7.24. The van der Waals surface area contributed by atoms with E-state index in [1.54, 1.807) is 23.1 Å². The maximum atomic E-state index is 12.5. The van der Waals surface area contributed by atoms with Crippen molar-refractivity contribution in [2.24, 2.45) is 4.99 Å². The first kappa shape index (κ1) is 16.5. The molecule has 1 amide bonds. The summed E-state index contributed by atoms with van der Waals surface area (Å²) < 4.78 is 0. The Kier molecular flexibility index (Phi) is 5.06. The van der Waals surface area contributed by atoms with Gasteiger partial charge >= 0.3 is 0 Å². The zero-order chi connectivity index (χ0) is 16.4. The van der Waals surface area contributed by atoms with Crippen molar-refractivity contribution in [2.75, 3.05) is 13.1 Å². The molecule has 1 unspecified atom stereocenters. The number of thioether (sulfide) groups is 1. The lowest BCUT2D eigenvalue weighted by Gasteiger charge is -2.25. The molecular weight excluding hydrogens is 328 g/mol. The number of nitrogens with one attached hydrogen (secondary N) is 1. The summed E-state index contributed by atoms with van der Waals surface area (Å²) in [4.78, 5) is 24.9. The number of fused-ring (bicyclic) bond motifs is 1. The molecule has 23 heavy (non-hydrogen) atoms. The van der Waals surface area contributed by atoms with E-state index in [0.29, 0.717) is 6.42 Å². The molecule has 0 saturated carbocycles. The highest BCUT2D eigenvalue weighted by molar-refractivity contribution is 8.16. The molecule has 0 saturated heterocycles. The van der Waals surface area contributed by atoms with Gasteiger partial charge in [0.15, 0.2) is 5.17 Å². The molecule has 3 heterocycles. The molecule has 1 atom stereocenters. The van der Waals surface area contributed by atoms with Crippen LogP contribution in [0.4, 0.5) is 0 Å². The lowest BCUT2D eigenvalue weighted by molar-refractivity contribution is -0.121. The second kappa shape index (κ2) is 7.05. The fourth-order valence-electron chi connectivity index (χ4n) is 2.67. The molecule has 3 rings (SSSR count). The fourth-order valence-corrected chi connectivity index (χ4v) is 4.68. The van der Waals surface area contributed by atoms with Crippen LogP contribution in [0.25, 0.3) is 0 Å². The van der Waals surface area contributed by atoms with Crippen LogP contribution >= 0.6 is 23.1 Å². The van der Waals surface area contributed by atoms with Crippen LogP contribution in [0, 0.1) is 13.8 Å². The minimum Gasteiger partial charge on any atom is -0.347 e. The molecule has 124 valence electrons. The number of thiazole rings is 1. The molecule has 2 aliphatic heterocycles. The van der Waals surface area contributed by atoms with Crippen LogP contribution in [-0.2, 0) is 4.79 Å². The Balaban J connectivity index is 1.62. The SMILES string of the molecule is CCC(NC(=O)CC1=CSC2=NCCCN12)c1nc(C)c(C)s1. The maximum absolute atomic E-state index is 12.5. The predicted molar refractivity (Wildman–Crippen MR) is 96.7 cm³/mol. The van der Waals surface area contributed by atoms with Crippen molar-refractivity contribution in [3.05, 3.63) is 26.7 Å². The Hall–Kier alpha value is -1.34. The highest BCUT2D eigenvalue weighted by atomic mass is 32.2. The Labute approximate surface area is 145 Å². The standard InChI is InChI=1S/C16H22N4OS2/c1-4-13(15-18-10(2)11(3)23-15)19-14(21)8-12-9-22-16-17-6-5-7-20(12)16/h9,13H,4-8H2,1-3H3,(H,19,21). The largest absolute Gasteiger partial charge is 0.347 e. The van der Waals surface area contributed by atoms with E-state index in [2.05, 4.69) is 39.4 Å². The highest BCUT2D eigenvalue weighted by Crippen LogP contribution is 2.31. The molecule has 2 aliphatic rings. The highest BCUT2D eigenvalue weighted by Gasteiger charge is 2.27. The molecule has 1 aromatic heterocycles. The lowest BCUT2D eigenvalue weighted by atomic mass is 10.2. The van der Waals surface area contributed by atoms with E-state index >= 15 is 0 Å². The Morgan fingerprint density at radius 3 is 3.00 bits per heavy atom. The van der Waals surface area contributed by atoms with Gasteiger partial charge in [0, 0.05) is 23.7 Å². The molecule has 0 radical (unpaired) electrons. The summed E-state index contributed by atoms with van der Waals surface area (Å²) in [6, 6.07) is 0.00375. The number of amidine groups is 1. The molecule has 0 aromatic carbocycles. The van der Waals surface area contributed by atoms with Crippen molar-refractivity contribution < 1.29 is 4.79 Å². The smallest absolute Gasteiger partial charge is 0.226 e. The van der Waals surface area contributed by atoms with Crippen LogP contribution < -0.4 is 5.32 Å². The molecule has 7 heteroatoms. The molecular formula is C16H22N4OS2. The summed E-state index contributed by atoms with van der Waals surface area (Å²) in [7, 11) is 0. The van der Waals surface area contributed by atoms with Gasteiger partial charge in [0.25, 0.3) is 0 Å². The van der Waals surface area contributed by atoms with E-state index in [-0.39, 0.29) is 11.9 Å². The third kappa shape index (κ3) is 3.61. The third-order valence-corrected chi connectivity index (χ3v) is 6.23. The van der Waals surface area contributed by atoms with E-state index in [1.165, 1.54) is 4.88 Å². The van der Waals surface area contributed by atoms with Crippen LogP contribution in [0.1, 0.15) is 47.8 Å². The molecule has 5 nitrogen and oxygen atoms in total. The quantitative estimate of drug-likeness (QED) is 0.884. The van der Waals surface area contributed by atoms with Crippen LogP contribution in [0.15, 0.2) is 16.1 Å². The molecule has 1 aromatic rings. The second-order valence-electron chi connectivity index (χ2n) is 5.80. The Morgan fingerprint density at radius 2 is 2.30 bits per heavy atom. The first-order valence-electron chi connectivity index (χ1n) is 7.99. The number of aromatic nitrogens is 1. The van der Waals surface area contributed by atoms with E-state index in [1.807, 2.05) is 6.92 Å².